The highest BCUT2D eigenvalue weighted by Crippen LogP contribution is 2.62. The highest BCUT2D eigenvalue weighted by molar-refractivity contribution is 5.83. The lowest BCUT2D eigenvalue weighted by Crippen LogP contribution is -2.33. The molecule has 2 fully saturated rings. The lowest BCUT2D eigenvalue weighted by atomic mass is 10.0. The normalized spacial score (nSPS) is 27.7. The number of nitrogens with one attached hydrogen (secondary N) is 1. The molecule has 0 aliphatic heterocycles. The first-order chi connectivity index (χ1) is 7.55. The molecule has 2 atom stereocenters. The molecule has 2 rings (SSSR count). The van der Waals surface area contributed by atoms with Crippen molar-refractivity contribution in [2.75, 3.05) is 6.54 Å². The largest absolute Gasteiger partial charge is 0.481 e. The fraction of sp³-hybridized carbons (Fsp3) is 0.833. The summed E-state index contributed by atoms with van der Waals surface area (Å²) in [5.41, 5.74) is 0.302. The molecular weight excluding hydrogens is 206 g/mol. The second-order valence-corrected chi connectivity index (χ2v) is 5.31. The third kappa shape index (κ3) is 2.06. The van der Waals surface area contributed by atoms with E-state index in [1.807, 2.05) is 0 Å². The van der Waals surface area contributed by atoms with E-state index in [2.05, 4.69) is 5.32 Å². The number of rotatable bonds is 4. The topological polar surface area (TPSA) is 66.4 Å². The van der Waals surface area contributed by atoms with Crippen LogP contribution in [-0.4, -0.2) is 23.5 Å². The molecule has 16 heavy (non-hydrogen) atoms. The number of carboxylic acids is 1. The van der Waals surface area contributed by atoms with Crippen LogP contribution in [0, 0.1) is 17.3 Å². The van der Waals surface area contributed by atoms with Gasteiger partial charge in [-0.05, 0) is 24.7 Å². The van der Waals surface area contributed by atoms with E-state index in [-0.39, 0.29) is 18.4 Å². The van der Waals surface area contributed by atoms with Gasteiger partial charge in [0.2, 0.25) is 5.91 Å². The summed E-state index contributed by atoms with van der Waals surface area (Å²) in [6.07, 6.45) is 5.87. The summed E-state index contributed by atoms with van der Waals surface area (Å²) in [4.78, 5) is 22.4. The van der Waals surface area contributed by atoms with Crippen LogP contribution in [0.4, 0.5) is 0 Å². The molecule has 90 valence electrons. The van der Waals surface area contributed by atoms with Gasteiger partial charge in [-0.15, -0.1) is 0 Å². The predicted octanol–water partition coefficient (Wildman–Crippen LogP) is 1.40. The van der Waals surface area contributed by atoms with Crippen molar-refractivity contribution in [2.45, 2.75) is 39.0 Å². The van der Waals surface area contributed by atoms with E-state index in [4.69, 9.17) is 5.11 Å². The second kappa shape index (κ2) is 4.07. The molecule has 0 aromatic carbocycles. The van der Waals surface area contributed by atoms with Crippen molar-refractivity contribution in [3.63, 3.8) is 0 Å². The lowest BCUT2D eigenvalue weighted by Gasteiger charge is -2.10. The molecule has 4 heteroatoms. The Morgan fingerprint density at radius 1 is 1.44 bits per heavy atom. The summed E-state index contributed by atoms with van der Waals surface area (Å²) < 4.78 is 0. The van der Waals surface area contributed by atoms with Gasteiger partial charge in [-0.25, -0.2) is 0 Å². The third-order valence-electron chi connectivity index (χ3n) is 4.11. The van der Waals surface area contributed by atoms with Crippen molar-refractivity contribution >= 4 is 11.9 Å². The lowest BCUT2D eigenvalue weighted by molar-refractivity contribution is -0.141. The summed E-state index contributed by atoms with van der Waals surface area (Å²) in [7, 11) is 0. The van der Waals surface area contributed by atoms with E-state index in [1.54, 1.807) is 6.92 Å². The Bertz CT molecular complexity index is 307. The number of hydrogen-bond acceptors (Lipinski definition) is 2. The Morgan fingerprint density at radius 2 is 2.06 bits per heavy atom. The van der Waals surface area contributed by atoms with Crippen molar-refractivity contribution in [3.05, 3.63) is 0 Å². The van der Waals surface area contributed by atoms with Crippen LogP contribution in [0.1, 0.15) is 39.0 Å². The maximum atomic E-state index is 11.8. The summed E-state index contributed by atoms with van der Waals surface area (Å²) >= 11 is 0. The number of carbonyl (C=O) groups excluding carboxylic acids is 1. The summed E-state index contributed by atoms with van der Waals surface area (Å²) in [5, 5.41) is 11.5. The molecule has 0 bridgehead atoms. The molecule has 4 nitrogen and oxygen atoms in total. The van der Waals surface area contributed by atoms with Crippen LogP contribution in [0.25, 0.3) is 0 Å². The van der Waals surface area contributed by atoms with Gasteiger partial charge < -0.3 is 10.4 Å². The monoisotopic (exact) mass is 225 g/mol. The molecule has 0 radical (unpaired) electrons. The second-order valence-electron chi connectivity index (χ2n) is 5.31. The average Bonchev–Trinajstić information content (AvgIpc) is 2.73. The fourth-order valence-corrected chi connectivity index (χ4v) is 2.81. The van der Waals surface area contributed by atoms with Crippen molar-refractivity contribution in [1.29, 1.82) is 0 Å². The molecule has 1 amide bonds. The number of carbonyl (C=O) groups is 2. The number of aliphatic carboxylic acids is 1. The van der Waals surface area contributed by atoms with Crippen LogP contribution in [-0.2, 0) is 9.59 Å². The SMILES string of the molecule is CC(CNC(=O)C1CC12CCCC2)C(=O)O. The van der Waals surface area contributed by atoms with E-state index >= 15 is 0 Å². The van der Waals surface area contributed by atoms with Crippen molar-refractivity contribution in [2.24, 2.45) is 17.3 Å². The zero-order chi connectivity index (χ0) is 11.8. The van der Waals surface area contributed by atoms with E-state index in [0.29, 0.717) is 5.41 Å². The van der Waals surface area contributed by atoms with E-state index in [1.165, 1.54) is 25.7 Å². The number of hydrogen-bond donors (Lipinski definition) is 2. The Kier molecular flexibility index (Phi) is 2.91. The molecule has 2 aliphatic carbocycles. The molecule has 0 aromatic heterocycles. The fourth-order valence-electron chi connectivity index (χ4n) is 2.81. The van der Waals surface area contributed by atoms with Gasteiger partial charge in [0.05, 0.1) is 5.92 Å². The molecule has 2 N–H and O–H groups in total. The van der Waals surface area contributed by atoms with Gasteiger partial charge in [0.1, 0.15) is 0 Å². The zero-order valence-corrected chi connectivity index (χ0v) is 9.66. The van der Waals surface area contributed by atoms with Gasteiger partial charge in [-0.2, -0.15) is 0 Å². The van der Waals surface area contributed by atoms with E-state index in [9.17, 15) is 9.59 Å². The highest BCUT2D eigenvalue weighted by atomic mass is 16.4. The van der Waals surface area contributed by atoms with Crippen LogP contribution >= 0.6 is 0 Å². The molecular formula is C12H19NO3. The first-order valence-corrected chi connectivity index (χ1v) is 6.06. The third-order valence-corrected chi connectivity index (χ3v) is 4.11. The molecule has 2 saturated carbocycles. The molecule has 0 aromatic rings. The number of amides is 1. The molecule has 0 heterocycles. The van der Waals surface area contributed by atoms with Crippen molar-refractivity contribution in [3.8, 4) is 0 Å². The maximum Gasteiger partial charge on any atom is 0.308 e. The molecule has 1 spiro atoms. The van der Waals surface area contributed by atoms with E-state index in [0.717, 1.165) is 6.42 Å². The van der Waals surface area contributed by atoms with Gasteiger partial charge in [-0.1, -0.05) is 19.8 Å². The minimum atomic E-state index is -0.855. The van der Waals surface area contributed by atoms with Gasteiger partial charge in [0, 0.05) is 12.5 Å². The zero-order valence-electron chi connectivity index (χ0n) is 9.66. The summed E-state index contributed by atoms with van der Waals surface area (Å²) in [6.45, 7) is 1.86. The molecule has 2 unspecified atom stereocenters. The minimum absolute atomic E-state index is 0.0648. The first kappa shape index (κ1) is 11.4. The molecule has 2 aliphatic rings. The summed E-state index contributed by atoms with van der Waals surface area (Å²) in [5.74, 6) is -1.13. The number of carboxylic acid groups (broad SMARTS) is 1. The van der Waals surface area contributed by atoms with Gasteiger partial charge in [0.15, 0.2) is 0 Å². The molecule has 0 saturated heterocycles. The van der Waals surface area contributed by atoms with Crippen LogP contribution in [0.5, 0.6) is 0 Å². The Balaban J connectivity index is 1.76. The minimum Gasteiger partial charge on any atom is -0.481 e. The van der Waals surface area contributed by atoms with E-state index < -0.39 is 11.9 Å². The Labute approximate surface area is 95.4 Å². The Morgan fingerprint density at radius 3 is 2.62 bits per heavy atom. The van der Waals surface area contributed by atoms with Crippen LogP contribution in [0.2, 0.25) is 0 Å². The highest BCUT2D eigenvalue weighted by Gasteiger charge is 2.58. The standard InChI is InChI=1S/C12H19NO3/c1-8(11(15)16)7-13-10(14)9-6-12(9)4-2-3-5-12/h8-9H,2-7H2,1H3,(H,13,14)(H,15,16). The maximum absolute atomic E-state index is 11.8. The van der Waals surface area contributed by atoms with Crippen LogP contribution in [0.15, 0.2) is 0 Å². The first-order valence-electron chi connectivity index (χ1n) is 6.06. The smallest absolute Gasteiger partial charge is 0.308 e. The van der Waals surface area contributed by atoms with Crippen LogP contribution in [0.3, 0.4) is 0 Å². The van der Waals surface area contributed by atoms with Gasteiger partial charge >= 0.3 is 5.97 Å². The predicted molar refractivity (Wildman–Crippen MR) is 58.8 cm³/mol. The van der Waals surface area contributed by atoms with Crippen molar-refractivity contribution < 1.29 is 14.7 Å². The van der Waals surface area contributed by atoms with Gasteiger partial charge in [0.25, 0.3) is 0 Å². The van der Waals surface area contributed by atoms with Crippen molar-refractivity contribution in [1.82, 2.24) is 5.32 Å². The quantitative estimate of drug-likeness (QED) is 0.760. The average molecular weight is 225 g/mol. The summed E-state index contributed by atoms with van der Waals surface area (Å²) in [6, 6.07) is 0. The Hall–Kier alpha value is -1.06. The van der Waals surface area contributed by atoms with Gasteiger partial charge in [-0.3, -0.25) is 9.59 Å². The van der Waals surface area contributed by atoms with Crippen LogP contribution < -0.4 is 5.32 Å².